The molecule has 2 aromatic heterocycles. The molecule has 0 bridgehead atoms. The number of pyridine rings is 1. The number of phenolic OH excluding ortho intramolecular Hbond substituents is 1. The van der Waals surface area contributed by atoms with Crippen molar-refractivity contribution in [1.82, 2.24) is 9.88 Å². The van der Waals surface area contributed by atoms with E-state index in [9.17, 15) is 9.90 Å². The zero-order valence-electron chi connectivity index (χ0n) is 18.3. The first-order chi connectivity index (χ1) is 15.5. The Morgan fingerprint density at radius 1 is 1.28 bits per heavy atom. The lowest BCUT2D eigenvalue weighted by Gasteiger charge is -2.36. The van der Waals surface area contributed by atoms with Gasteiger partial charge in [0.2, 0.25) is 5.78 Å². The summed E-state index contributed by atoms with van der Waals surface area (Å²) in [5, 5.41) is 12.9. The Morgan fingerprint density at radius 3 is 2.91 bits per heavy atom. The standard InChI is InChI=1S/C26H26N2O3S/c1-16-8-11-32-23(16)13-22-25(30)24-17(2)12-21(29)19(26(24)31-22)15-28-10-4-3-7-20(28)18-6-5-9-27-14-18/h5-6,8-9,11-14,20,29H,3-4,7,10,15H2,1-2H3/b22-13-/t20-/m0/s1. The lowest BCUT2D eigenvalue weighted by Crippen LogP contribution is -2.33. The van der Waals surface area contributed by atoms with Gasteiger partial charge in [0.25, 0.3) is 0 Å². The molecule has 164 valence electrons. The van der Waals surface area contributed by atoms with Gasteiger partial charge in [-0.25, -0.2) is 0 Å². The summed E-state index contributed by atoms with van der Waals surface area (Å²) < 4.78 is 6.14. The minimum Gasteiger partial charge on any atom is -0.507 e. The van der Waals surface area contributed by atoms with E-state index in [0.29, 0.717) is 29.2 Å². The number of thiophene rings is 1. The molecule has 0 unspecified atom stereocenters. The number of fused-ring (bicyclic) bond motifs is 1. The van der Waals surface area contributed by atoms with Crippen molar-refractivity contribution in [3.8, 4) is 11.5 Å². The monoisotopic (exact) mass is 446 g/mol. The number of piperidine rings is 1. The number of aryl methyl sites for hydroxylation is 2. The lowest BCUT2D eigenvalue weighted by atomic mass is 9.94. The fourth-order valence-corrected chi connectivity index (χ4v) is 5.57. The molecule has 0 spiro atoms. The van der Waals surface area contributed by atoms with E-state index < -0.39 is 0 Å². The predicted molar refractivity (Wildman–Crippen MR) is 126 cm³/mol. The Morgan fingerprint density at radius 2 is 2.16 bits per heavy atom. The van der Waals surface area contributed by atoms with Crippen LogP contribution in [-0.2, 0) is 6.54 Å². The fourth-order valence-electron chi connectivity index (χ4n) is 4.72. The summed E-state index contributed by atoms with van der Waals surface area (Å²) in [6.45, 7) is 5.31. The van der Waals surface area contributed by atoms with Crippen LogP contribution in [0.1, 0.15) is 62.8 Å². The number of nitrogens with zero attached hydrogens (tertiary/aromatic N) is 2. The number of aromatic hydroxyl groups is 1. The number of hydrogen-bond acceptors (Lipinski definition) is 6. The minimum atomic E-state index is -0.117. The van der Waals surface area contributed by atoms with Gasteiger partial charge < -0.3 is 9.84 Å². The van der Waals surface area contributed by atoms with Crippen LogP contribution in [0.2, 0.25) is 0 Å². The summed E-state index contributed by atoms with van der Waals surface area (Å²) in [5.74, 6) is 0.888. The highest BCUT2D eigenvalue weighted by Gasteiger charge is 2.35. The molecule has 1 N–H and O–H groups in total. The summed E-state index contributed by atoms with van der Waals surface area (Å²) in [4.78, 5) is 20.9. The van der Waals surface area contributed by atoms with Crippen molar-refractivity contribution < 1.29 is 14.6 Å². The average molecular weight is 447 g/mol. The molecule has 4 heterocycles. The maximum absolute atomic E-state index is 13.2. The molecule has 1 aromatic carbocycles. The number of likely N-dealkylation sites (tertiary alicyclic amines) is 1. The fraction of sp³-hybridized carbons (Fsp3) is 0.308. The van der Waals surface area contributed by atoms with E-state index in [4.69, 9.17) is 4.74 Å². The second-order valence-corrected chi connectivity index (χ2v) is 9.52. The van der Waals surface area contributed by atoms with Crippen molar-refractivity contribution in [3.05, 3.63) is 80.5 Å². The highest BCUT2D eigenvalue weighted by atomic mass is 32.1. The molecule has 1 fully saturated rings. The van der Waals surface area contributed by atoms with Gasteiger partial charge in [-0.1, -0.05) is 12.5 Å². The lowest BCUT2D eigenvalue weighted by molar-refractivity contribution is 0.101. The largest absolute Gasteiger partial charge is 0.507 e. The van der Waals surface area contributed by atoms with Crippen LogP contribution < -0.4 is 4.74 Å². The topological polar surface area (TPSA) is 62.7 Å². The molecular formula is C26H26N2O3S. The van der Waals surface area contributed by atoms with Crippen molar-refractivity contribution in [2.75, 3.05) is 6.54 Å². The van der Waals surface area contributed by atoms with Gasteiger partial charge >= 0.3 is 0 Å². The van der Waals surface area contributed by atoms with Crippen molar-refractivity contribution in [2.24, 2.45) is 0 Å². The van der Waals surface area contributed by atoms with Crippen molar-refractivity contribution in [3.63, 3.8) is 0 Å². The van der Waals surface area contributed by atoms with E-state index in [0.717, 1.165) is 41.8 Å². The van der Waals surface area contributed by atoms with Crippen LogP contribution in [0.25, 0.3) is 6.08 Å². The Labute approximate surface area is 192 Å². The third-order valence-electron chi connectivity index (χ3n) is 6.43. The molecule has 3 aromatic rings. The molecule has 0 amide bonds. The van der Waals surface area contributed by atoms with E-state index in [1.54, 1.807) is 23.6 Å². The van der Waals surface area contributed by atoms with Gasteiger partial charge in [0.15, 0.2) is 5.76 Å². The number of ether oxygens (including phenoxy) is 1. The molecule has 32 heavy (non-hydrogen) atoms. The number of hydrogen-bond donors (Lipinski definition) is 1. The number of aromatic nitrogens is 1. The van der Waals surface area contributed by atoms with Crippen LogP contribution >= 0.6 is 11.3 Å². The van der Waals surface area contributed by atoms with Gasteiger partial charge in [-0.15, -0.1) is 11.3 Å². The Kier molecular flexibility index (Phi) is 5.57. The Hall–Kier alpha value is -2.96. The summed E-state index contributed by atoms with van der Waals surface area (Å²) in [6.07, 6.45) is 8.85. The molecule has 1 saturated heterocycles. The number of allylic oxidation sites excluding steroid dienone is 1. The molecular weight excluding hydrogens is 420 g/mol. The van der Waals surface area contributed by atoms with Crippen LogP contribution in [0.4, 0.5) is 0 Å². The quantitative estimate of drug-likeness (QED) is 0.513. The van der Waals surface area contributed by atoms with E-state index >= 15 is 0 Å². The smallest absolute Gasteiger partial charge is 0.232 e. The molecule has 0 radical (unpaired) electrons. The molecule has 0 saturated carbocycles. The van der Waals surface area contributed by atoms with E-state index in [1.165, 1.54) is 5.56 Å². The number of benzene rings is 1. The number of phenols is 1. The Balaban J connectivity index is 1.51. The summed E-state index contributed by atoms with van der Waals surface area (Å²) in [7, 11) is 0. The normalized spacial score (nSPS) is 19.9. The highest BCUT2D eigenvalue weighted by Crippen LogP contribution is 2.44. The number of rotatable bonds is 4. The first kappa shape index (κ1) is 20.9. The molecule has 5 rings (SSSR count). The van der Waals surface area contributed by atoms with Crippen molar-refractivity contribution >= 4 is 23.2 Å². The zero-order valence-corrected chi connectivity index (χ0v) is 19.1. The van der Waals surface area contributed by atoms with Gasteiger partial charge in [0.1, 0.15) is 11.5 Å². The number of ketones is 1. The third-order valence-corrected chi connectivity index (χ3v) is 7.39. The third kappa shape index (κ3) is 3.74. The van der Waals surface area contributed by atoms with Gasteiger partial charge in [-0.2, -0.15) is 0 Å². The first-order valence-corrected chi connectivity index (χ1v) is 11.9. The van der Waals surface area contributed by atoms with Gasteiger partial charge in [-0.3, -0.25) is 14.7 Å². The van der Waals surface area contributed by atoms with Gasteiger partial charge in [0.05, 0.1) is 11.1 Å². The minimum absolute atomic E-state index is 0.117. The summed E-state index contributed by atoms with van der Waals surface area (Å²) >= 11 is 1.58. The van der Waals surface area contributed by atoms with E-state index in [1.807, 2.05) is 43.6 Å². The van der Waals surface area contributed by atoms with Crippen LogP contribution in [0.5, 0.6) is 11.5 Å². The van der Waals surface area contributed by atoms with E-state index in [-0.39, 0.29) is 17.6 Å². The number of carbonyl (C=O) groups excluding carboxylic acids is 1. The van der Waals surface area contributed by atoms with Crippen LogP contribution in [0.3, 0.4) is 0 Å². The molecule has 0 aliphatic carbocycles. The molecule has 2 aliphatic rings. The van der Waals surface area contributed by atoms with Crippen LogP contribution in [-0.4, -0.2) is 27.3 Å². The van der Waals surface area contributed by atoms with Gasteiger partial charge in [0, 0.05) is 35.9 Å². The molecule has 6 heteroatoms. The maximum atomic E-state index is 13.2. The summed E-state index contributed by atoms with van der Waals surface area (Å²) in [5.41, 5.74) is 4.28. The highest BCUT2D eigenvalue weighted by molar-refractivity contribution is 7.11. The Bertz CT molecular complexity index is 1200. The second kappa shape index (κ2) is 8.52. The van der Waals surface area contributed by atoms with Crippen LogP contribution in [0, 0.1) is 13.8 Å². The van der Waals surface area contributed by atoms with E-state index in [2.05, 4.69) is 16.0 Å². The van der Waals surface area contributed by atoms with Gasteiger partial charge in [-0.05, 0) is 73.5 Å². The maximum Gasteiger partial charge on any atom is 0.232 e. The molecule has 1 atom stereocenters. The first-order valence-electron chi connectivity index (χ1n) is 11.0. The molecule has 2 aliphatic heterocycles. The molecule has 5 nitrogen and oxygen atoms in total. The zero-order chi connectivity index (χ0) is 22.2. The average Bonchev–Trinajstić information content (AvgIpc) is 3.35. The second-order valence-electron chi connectivity index (χ2n) is 8.57. The van der Waals surface area contributed by atoms with Crippen LogP contribution in [0.15, 0.2) is 47.8 Å². The number of Topliss-reactive ketones (excluding diaryl/α,β-unsaturated/α-hetero) is 1. The van der Waals surface area contributed by atoms with Crippen molar-refractivity contribution in [2.45, 2.75) is 45.7 Å². The number of carbonyl (C=O) groups is 1. The SMILES string of the molecule is Cc1ccsc1/C=C1\Oc2c(CN3CCCC[C@H]3c3cccnc3)c(O)cc(C)c2C1=O. The van der Waals surface area contributed by atoms with Crippen molar-refractivity contribution in [1.29, 1.82) is 0 Å². The summed E-state index contributed by atoms with van der Waals surface area (Å²) in [6, 6.07) is 8.03. The predicted octanol–water partition coefficient (Wildman–Crippen LogP) is 5.81.